The highest BCUT2D eigenvalue weighted by Gasteiger charge is 2.36. The molecule has 0 spiro atoms. The van der Waals surface area contributed by atoms with E-state index in [1.54, 1.807) is 19.1 Å². The van der Waals surface area contributed by atoms with Crippen molar-refractivity contribution >= 4 is 45.1 Å². The number of amides is 2. The zero-order chi connectivity index (χ0) is 15.6. The first kappa shape index (κ1) is 16.0. The number of nitrogens with one attached hydrogen (secondary N) is 1. The van der Waals surface area contributed by atoms with Gasteiger partial charge in [0.05, 0.1) is 8.66 Å². The van der Waals surface area contributed by atoms with E-state index in [2.05, 4.69) is 21.2 Å². The van der Waals surface area contributed by atoms with E-state index < -0.39 is 12.0 Å². The van der Waals surface area contributed by atoms with Gasteiger partial charge in [0.2, 0.25) is 5.91 Å². The fourth-order valence-electron chi connectivity index (χ4n) is 1.93. The number of hydrogen-bond donors (Lipinski definition) is 2. The van der Waals surface area contributed by atoms with E-state index in [1.165, 1.54) is 16.2 Å². The predicted octanol–water partition coefficient (Wildman–Crippen LogP) is 1.70. The van der Waals surface area contributed by atoms with Crippen LogP contribution in [0.5, 0.6) is 0 Å². The number of hydrogen-bond acceptors (Lipinski definition) is 4. The van der Waals surface area contributed by atoms with Gasteiger partial charge in [-0.1, -0.05) is 0 Å². The molecule has 1 aromatic rings. The first-order valence-electron chi connectivity index (χ1n) is 6.47. The number of carboxylic acids is 1. The second-order valence-electron chi connectivity index (χ2n) is 4.89. The van der Waals surface area contributed by atoms with E-state index in [4.69, 9.17) is 5.11 Å². The molecule has 6 nitrogen and oxygen atoms in total. The molecule has 21 heavy (non-hydrogen) atoms. The maximum Gasteiger partial charge on any atom is 0.323 e. The van der Waals surface area contributed by atoms with Crippen LogP contribution in [0.15, 0.2) is 15.9 Å². The minimum Gasteiger partial charge on any atom is -0.480 e. The molecule has 1 aliphatic carbocycles. The zero-order valence-corrected chi connectivity index (χ0v) is 13.7. The van der Waals surface area contributed by atoms with Crippen LogP contribution >= 0.6 is 27.3 Å². The third kappa shape index (κ3) is 4.28. The summed E-state index contributed by atoms with van der Waals surface area (Å²) in [4.78, 5) is 36.9. The van der Waals surface area contributed by atoms with Crippen molar-refractivity contribution in [1.29, 1.82) is 0 Å². The molecule has 1 aromatic heterocycles. The monoisotopic (exact) mass is 374 g/mol. The third-order valence-corrected chi connectivity index (χ3v) is 4.71. The molecular weight excluding hydrogens is 360 g/mol. The topological polar surface area (TPSA) is 86.7 Å². The highest BCUT2D eigenvalue weighted by atomic mass is 79.9. The van der Waals surface area contributed by atoms with Gasteiger partial charge in [-0.05, 0) is 47.8 Å². The lowest BCUT2D eigenvalue weighted by Crippen LogP contribution is -2.49. The summed E-state index contributed by atoms with van der Waals surface area (Å²) in [5, 5.41) is 11.5. The fraction of sp³-hybridized carbons (Fsp3) is 0.462. The van der Waals surface area contributed by atoms with Crippen LogP contribution in [-0.2, 0) is 9.59 Å². The van der Waals surface area contributed by atoms with Gasteiger partial charge in [-0.15, -0.1) is 11.3 Å². The van der Waals surface area contributed by atoms with Gasteiger partial charge in [0.15, 0.2) is 0 Å². The average molecular weight is 375 g/mol. The van der Waals surface area contributed by atoms with Crippen molar-refractivity contribution in [2.24, 2.45) is 0 Å². The summed E-state index contributed by atoms with van der Waals surface area (Å²) in [6.45, 7) is 1.24. The van der Waals surface area contributed by atoms with Crippen LogP contribution in [0.4, 0.5) is 0 Å². The second kappa shape index (κ2) is 6.57. The Balaban J connectivity index is 1.97. The Morgan fingerprint density at radius 1 is 1.48 bits per heavy atom. The molecule has 0 bridgehead atoms. The van der Waals surface area contributed by atoms with Crippen LogP contribution in [0.3, 0.4) is 0 Å². The summed E-state index contributed by atoms with van der Waals surface area (Å²) in [5.74, 6) is -1.74. The largest absolute Gasteiger partial charge is 0.480 e. The minimum absolute atomic E-state index is 0.0103. The van der Waals surface area contributed by atoms with E-state index in [-0.39, 0.29) is 24.4 Å². The van der Waals surface area contributed by atoms with Crippen LogP contribution < -0.4 is 5.32 Å². The number of halogens is 1. The predicted molar refractivity (Wildman–Crippen MR) is 81.3 cm³/mol. The van der Waals surface area contributed by atoms with Crippen molar-refractivity contribution < 1.29 is 19.5 Å². The summed E-state index contributed by atoms with van der Waals surface area (Å²) in [6.07, 6.45) is 1.63. The molecule has 1 heterocycles. The molecule has 1 aliphatic rings. The molecule has 114 valence electrons. The summed E-state index contributed by atoms with van der Waals surface area (Å²) in [5.41, 5.74) is 0. The maximum absolute atomic E-state index is 12.3. The maximum atomic E-state index is 12.3. The minimum atomic E-state index is -1.05. The summed E-state index contributed by atoms with van der Waals surface area (Å²) >= 11 is 4.54. The van der Waals surface area contributed by atoms with E-state index in [1.807, 2.05) is 0 Å². The lowest BCUT2D eigenvalue weighted by atomic mass is 10.2. The van der Waals surface area contributed by atoms with Crippen LogP contribution in [-0.4, -0.2) is 46.4 Å². The lowest BCUT2D eigenvalue weighted by Gasteiger charge is -2.24. The van der Waals surface area contributed by atoms with Crippen LogP contribution in [0.1, 0.15) is 29.4 Å². The van der Waals surface area contributed by atoms with Gasteiger partial charge in [0, 0.05) is 6.04 Å². The van der Waals surface area contributed by atoms with Gasteiger partial charge >= 0.3 is 5.97 Å². The van der Waals surface area contributed by atoms with E-state index in [9.17, 15) is 14.4 Å². The molecule has 2 amide bonds. The smallest absolute Gasteiger partial charge is 0.323 e. The number of carbonyl (C=O) groups is 3. The second-order valence-corrected chi connectivity index (χ2v) is 7.35. The Morgan fingerprint density at radius 2 is 2.14 bits per heavy atom. The number of aliphatic carboxylic acids is 1. The zero-order valence-electron chi connectivity index (χ0n) is 11.3. The van der Waals surface area contributed by atoms with Crippen molar-refractivity contribution in [3.05, 3.63) is 20.8 Å². The summed E-state index contributed by atoms with van der Waals surface area (Å²) in [7, 11) is 0. The molecule has 2 N–H and O–H groups in total. The summed E-state index contributed by atoms with van der Waals surface area (Å²) in [6, 6.07) is 2.66. The molecular formula is C13H15BrN2O4S. The molecule has 0 radical (unpaired) electrons. The third-order valence-electron chi connectivity index (χ3n) is 3.09. The molecule has 0 saturated heterocycles. The molecule has 0 aromatic carbocycles. The van der Waals surface area contributed by atoms with Crippen molar-refractivity contribution in [3.63, 3.8) is 0 Å². The highest BCUT2D eigenvalue weighted by molar-refractivity contribution is 9.11. The Hall–Kier alpha value is -1.41. The van der Waals surface area contributed by atoms with Crippen LogP contribution in [0.2, 0.25) is 0 Å². The SMILES string of the molecule is CC(NC(=O)c1ccc(Br)s1)C(=O)N(CC(=O)O)C1CC1. The molecule has 8 heteroatoms. The lowest BCUT2D eigenvalue weighted by molar-refractivity contribution is -0.145. The van der Waals surface area contributed by atoms with Crippen molar-refractivity contribution in [2.75, 3.05) is 6.54 Å². The Labute approximate surface area is 134 Å². The Morgan fingerprint density at radius 3 is 2.62 bits per heavy atom. The van der Waals surface area contributed by atoms with Gasteiger partial charge in [0.1, 0.15) is 12.6 Å². The van der Waals surface area contributed by atoms with Crippen molar-refractivity contribution in [1.82, 2.24) is 10.2 Å². The van der Waals surface area contributed by atoms with Crippen LogP contribution in [0, 0.1) is 0 Å². The van der Waals surface area contributed by atoms with E-state index in [0.717, 1.165) is 16.6 Å². The summed E-state index contributed by atoms with van der Waals surface area (Å²) < 4.78 is 0.831. The average Bonchev–Trinajstić information content (AvgIpc) is 3.16. The van der Waals surface area contributed by atoms with Crippen molar-refractivity contribution in [2.45, 2.75) is 31.8 Å². The highest BCUT2D eigenvalue weighted by Crippen LogP contribution is 2.27. The number of carboxylic acid groups (broad SMARTS) is 1. The number of nitrogens with zero attached hydrogens (tertiary/aromatic N) is 1. The molecule has 1 saturated carbocycles. The van der Waals surface area contributed by atoms with E-state index >= 15 is 0 Å². The normalized spacial score (nSPS) is 15.3. The first-order chi connectivity index (χ1) is 9.88. The van der Waals surface area contributed by atoms with Gasteiger partial charge in [-0.3, -0.25) is 14.4 Å². The Bertz CT molecular complexity index is 570. The molecule has 1 unspecified atom stereocenters. The van der Waals surface area contributed by atoms with Gasteiger partial charge < -0.3 is 15.3 Å². The quantitative estimate of drug-likeness (QED) is 0.793. The van der Waals surface area contributed by atoms with Crippen LogP contribution in [0.25, 0.3) is 0 Å². The van der Waals surface area contributed by atoms with Gasteiger partial charge in [0.25, 0.3) is 5.91 Å². The molecule has 1 atom stereocenters. The standard InChI is InChI=1S/C13H15BrN2O4S/c1-7(15-12(19)9-4-5-10(14)21-9)13(20)16(6-11(17)18)8-2-3-8/h4-5,7-8H,2-3,6H2,1H3,(H,15,19)(H,17,18). The Kier molecular flexibility index (Phi) is 5.00. The molecule has 0 aliphatic heterocycles. The number of carbonyl (C=O) groups excluding carboxylic acids is 2. The number of rotatable bonds is 6. The van der Waals surface area contributed by atoms with Gasteiger partial charge in [-0.2, -0.15) is 0 Å². The van der Waals surface area contributed by atoms with Crippen molar-refractivity contribution in [3.8, 4) is 0 Å². The molecule has 1 fully saturated rings. The molecule has 2 rings (SSSR count). The number of thiophene rings is 1. The fourth-order valence-corrected chi connectivity index (χ4v) is 3.22. The van der Waals surface area contributed by atoms with E-state index in [0.29, 0.717) is 4.88 Å². The first-order valence-corrected chi connectivity index (χ1v) is 8.08. The van der Waals surface area contributed by atoms with Gasteiger partial charge in [-0.25, -0.2) is 0 Å².